The minimum atomic E-state index is -4.74. The first-order valence-corrected chi connectivity index (χ1v) is 14.9. The van der Waals surface area contributed by atoms with E-state index in [0.29, 0.717) is 12.1 Å². The molecule has 0 radical (unpaired) electrons. The molecule has 0 aliphatic heterocycles. The predicted molar refractivity (Wildman–Crippen MR) is 163 cm³/mol. The molecule has 16 heteroatoms. The van der Waals surface area contributed by atoms with Gasteiger partial charge in [-0.1, -0.05) is 6.92 Å². The molecule has 0 unspecified atom stereocenters. The Hall–Kier alpha value is -5.25. The fraction of sp³-hybridized carbons (Fsp3) is 0.200. The molecule has 0 atom stereocenters. The quantitative estimate of drug-likeness (QED) is 0.107. The Kier molecular flexibility index (Phi) is 9.51. The summed E-state index contributed by atoms with van der Waals surface area (Å²) in [6.45, 7) is 1.20. The van der Waals surface area contributed by atoms with Crippen molar-refractivity contribution in [1.29, 1.82) is 5.41 Å². The summed E-state index contributed by atoms with van der Waals surface area (Å²) in [6.07, 6.45) is -3.82. The van der Waals surface area contributed by atoms with Crippen LogP contribution in [0, 0.1) is 11.2 Å². The van der Waals surface area contributed by atoms with Crippen molar-refractivity contribution >= 4 is 38.7 Å². The van der Waals surface area contributed by atoms with Gasteiger partial charge in [0.05, 0.1) is 23.4 Å². The van der Waals surface area contributed by atoms with Gasteiger partial charge in [-0.3, -0.25) is 19.5 Å². The number of sulfonamides is 1. The molecule has 0 spiro atoms. The number of phenolic OH excluding ortho intramolecular Hbond substituents is 2. The second-order valence-corrected chi connectivity index (χ2v) is 12.0. The zero-order chi connectivity index (χ0) is 34.0. The van der Waals surface area contributed by atoms with E-state index in [4.69, 9.17) is 11.1 Å². The summed E-state index contributed by atoms with van der Waals surface area (Å²) in [6, 6.07) is 9.00. The number of aromatic nitrogens is 2. The number of nitrogens with one attached hydrogen (secondary N) is 2. The number of phenols is 2. The minimum absolute atomic E-state index is 0.0912. The van der Waals surface area contributed by atoms with Crippen LogP contribution in [0.25, 0.3) is 11.3 Å². The third kappa shape index (κ3) is 7.17. The SMILES string of the molecule is CCC(=O)C(=N)c1c(N)cc(-c2cc(F)c(O)cc2CC(F)(F)F)nc1NCc1cc(O)ccc1N(C)S(=O)(=O)c1cccnc1. The largest absolute Gasteiger partial charge is 0.508 e. The van der Waals surface area contributed by atoms with Crippen LogP contribution in [0.3, 0.4) is 0 Å². The molecular formula is C30H28F4N6O5S. The van der Waals surface area contributed by atoms with Crippen LogP contribution in [-0.4, -0.2) is 53.3 Å². The molecule has 0 aliphatic rings. The standard InChI is InChI=1S/C30H28F4N6O5S/c1-3-25(42)28(36)27-22(35)12-23(20-11-21(31)26(43)10-16(20)13-30(32,33)34)39-29(27)38-14-17-9-18(41)6-7-24(17)40(2)46(44,45)19-5-4-8-37-15-19/h4-12,15,36,41,43H,3,13-14H2,1-2H3,(H3,35,38,39). The first-order valence-electron chi connectivity index (χ1n) is 13.5. The molecule has 0 aliphatic carbocycles. The van der Waals surface area contributed by atoms with Crippen molar-refractivity contribution in [3.8, 4) is 22.8 Å². The molecule has 4 rings (SSSR count). The monoisotopic (exact) mass is 660 g/mol. The van der Waals surface area contributed by atoms with Crippen LogP contribution in [0.2, 0.25) is 0 Å². The van der Waals surface area contributed by atoms with E-state index in [1.165, 1.54) is 50.5 Å². The number of carbonyl (C=O) groups excluding carboxylic acids is 1. The Morgan fingerprint density at radius 1 is 1.11 bits per heavy atom. The van der Waals surface area contributed by atoms with Gasteiger partial charge in [0, 0.05) is 43.7 Å². The van der Waals surface area contributed by atoms with Crippen molar-refractivity contribution in [2.45, 2.75) is 37.4 Å². The van der Waals surface area contributed by atoms with Crippen LogP contribution in [0.4, 0.5) is 34.8 Å². The Balaban J connectivity index is 1.84. The zero-order valence-electron chi connectivity index (χ0n) is 24.4. The number of rotatable bonds is 11. The molecule has 0 fully saturated rings. The highest BCUT2D eigenvalue weighted by Gasteiger charge is 2.31. The Bertz CT molecular complexity index is 1920. The normalized spacial score (nSPS) is 11.7. The molecule has 0 saturated heterocycles. The summed E-state index contributed by atoms with van der Waals surface area (Å²) >= 11 is 0. The van der Waals surface area contributed by atoms with Gasteiger partial charge < -0.3 is 21.3 Å². The van der Waals surface area contributed by atoms with E-state index in [-0.39, 0.29) is 63.2 Å². The lowest BCUT2D eigenvalue weighted by molar-refractivity contribution is -0.127. The van der Waals surface area contributed by atoms with Gasteiger partial charge >= 0.3 is 6.18 Å². The first kappa shape index (κ1) is 33.6. The Morgan fingerprint density at radius 2 is 1.83 bits per heavy atom. The van der Waals surface area contributed by atoms with Crippen molar-refractivity contribution in [2.24, 2.45) is 0 Å². The number of nitrogen functional groups attached to an aromatic ring is 1. The molecule has 0 saturated carbocycles. The van der Waals surface area contributed by atoms with E-state index in [2.05, 4.69) is 15.3 Å². The van der Waals surface area contributed by atoms with Gasteiger partial charge in [0.1, 0.15) is 22.2 Å². The lowest BCUT2D eigenvalue weighted by Crippen LogP contribution is -2.28. The molecule has 4 aromatic rings. The summed E-state index contributed by atoms with van der Waals surface area (Å²) < 4.78 is 82.2. The van der Waals surface area contributed by atoms with Crippen molar-refractivity contribution in [3.05, 3.63) is 83.4 Å². The number of hydrogen-bond acceptors (Lipinski definition) is 10. The molecule has 46 heavy (non-hydrogen) atoms. The Labute approximate surface area is 260 Å². The van der Waals surface area contributed by atoms with Crippen LogP contribution in [0.5, 0.6) is 11.5 Å². The third-order valence-corrected chi connectivity index (χ3v) is 8.64. The number of halogens is 4. The smallest absolute Gasteiger partial charge is 0.393 e. The average molecular weight is 661 g/mol. The number of aromatic hydroxyl groups is 2. The number of anilines is 3. The second kappa shape index (κ2) is 13.0. The van der Waals surface area contributed by atoms with Crippen LogP contribution in [0.1, 0.15) is 30.0 Å². The number of pyridine rings is 2. The van der Waals surface area contributed by atoms with Gasteiger partial charge in [0.15, 0.2) is 17.3 Å². The highest BCUT2D eigenvalue weighted by Crippen LogP contribution is 2.36. The molecule has 11 nitrogen and oxygen atoms in total. The van der Waals surface area contributed by atoms with Crippen molar-refractivity contribution in [2.75, 3.05) is 22.4 Å². The van der Waals surface area contributed by atoms with Crippen molar-refractivity contribution in [1.82, 2.24) is 9.97 Å². The van der Waals surface area contributed by atoms with Gasteiger partial charge in [0.25, 0.3) is 10.0 Å². The molecule has 2 aromatic carbocycles. The lowest BCUT2D eigenvalue weighted by Gasteiger charge is -2.23. The van der Waals surface area contributed by atoms with Gasteiger partial charge in [0.2, 0.25) is 0 Å². The van der Waals surface area contributed by atoms with E-state index in [1.807, 2.05) is 0 Å². The summed E-state index contributed by atoms with van der Waals surface area (Å²) in [5, 5.41) is 31.3. The number of nitrogens with zero attached hydrogens (tertiary/aromatic N) is 3. The molecule has 2 heterocycles. The highest BCUT2D eigenvalue weighted by molar-refractivity contribution is 7.92. The van der Waals surface area contributed by atoms with E-state index >= 15 is 0 Å². The number of Topliss-reactive ketones (excluding diaryl/α,β-unsaturated/α-hetero) is 1. The van der Waals surface area contributed by atoms with Gasteiger partial charge in [-0.15, -0.1) is 0 Å². The molecule has 0 bridgehead atoms. The van der Waals surface area contributed by atoms with Crippen LogP contribution in [-0.2, 0) is 27.8 Å². The average Bonchev–Trinajstić information content (AvgIpc) is 3.00. The van der Waals surface area contributed by atoms with Gasteiger partial charge in [-0.25, -0.2) is 17.8 Å². The maximum Gasteiger partial charge on any atom is 0.393 e. The summed E-state index contributed by atoms with van der Waals surface area (Å²) in [5.41, 5.74) is 4.34. The van der Waals surface area contributed by atoms with Crippen LogP contribution >= 0.6 is 0 Å². The molecule has 242 valence electrons. The number of carbonyl (C=O) groups is 1. The Morgan fingerprint density at radius 3 is 2.46 bits per heavy atom. The topological polar surface area (TPSA) is 183 Å². The van der Waals surface area contributed by atoms with Crippen molar-refractivity contribution < 1.29 is 41.0 Å². The van der Waals surface area contributed by atoms with Gasteiger partial charge in [-0.2, -0.15) is 13.2 Å². The number of hydrogen-bond donors (Lipinski definition) is 5. The van der Waals surface area contributed by atoms with Crippen molar-refractivity contribution in [3.63, 3.8) is 0 Å². The number of benzene rings is 2. The summed E-state index contributed by atoms with van der Waals surface area (Å²) in [4.78, 5) is 20.6. The minimum Gasteiger partial charge on any atom is -0.508 e. The highest BCUT2D eigenvalue weighted by atomic mass is 32.2. The summed E-state index contributed by atoms with van der Waals surface area (Å²) in [5.74, 6) is -3.38. The molecule has 2 aromatic heterocycles. The van der Waals surface area contributed by atoms with E-state index < -0.39 is 51.2 Å². The second-order valence-electron chi connectivity index (χ2n) is 10.1. The predicted octanol–water partition coefficient (Wildman–Crippen LogP) is 5.17. The number of ketones is 1. The van der Waals surface area contributed by atoms with Gasteiger partial charge in [-0.05, 0) is 59.7 Å². The van der Waals surface area contributed by atoms with E-state index in [1.54, 1.807) is 0 Å². The number of alkyl halides is 3. The maximum absolute atomic E-state index is 14.4. The molecule has 0 amide bonds. The fourth-order valence-corrected chi connectivity index (χ4v) is 5.80. The zero-order valence-corrected chi connectivity index (χ0v) is 25.2. The van der Waals surface area contributed by atoms with Crippen LogP contribution in [0.15, 0.2) is 65.8 Å². The summed E-state index contributed by atoms with van der Waals surface area (Å²) in [7, 11) is -2.85. The lowest BCUT2D eigenvalue weighted by atomic mass is 9.97. The fourth-order valence-electron chi connectivity index (χ4n) is 4.60. The first-order chi connectivity index (χ1) is 21.5. The molecular weight excluding hydrogens is 632 g/mol. The number of nitrogens with two attached hydrogens (primary N) is 1. The molecule has 6 N–H and O–H groups in total. The third-order valence-electron chi connectivity index (χ3n) is 6.88. The maximum atomic E-state index is 14.4. The van der Waals surface area contributed by atoms with Crippen LogP contribution < -0.4 is 15.4 Å². The van der Waals surface area contributed by atoms with E-state index in [9.17, 15) is 41.0 Å². The van der Waals surface area contributed by atoms with E-state index in [0.717, 1.165) is 16.6 Å².